The molecular weight excluding hydrogens is 242 g/mol. The number of aliphatic hydroxyl groups is 1. The van der Waals surface area contributed by atoms with Crippen LogP contribution in [-0.4, -0.2) is 48.5 Å². The molecule has 1 rings (SSSR count). The third kappa shape index (κ3) is 4.46. The molecule has 0 saturated heterocycles. The van der Waals surface area contributed by atoms with Crippen LogP contribution in [-0.2, 0) is 11.2 Å². The summed E-state index contributed by atoms with van der Waals surface area (Å²) in [6.07, 6.45) is 0.727. The number of hydrogen-bond acceptors (Lipinski definition) is 5. The van der Waals surface area contributed by atoms with Gasteiger partial charge in [-0.3, -0.25) is 0 Å². The van der Waals surface area contributed by atoms with E-state index >= 15 is 0 Å². The molecule has 0 saturated carbocycles. The molecule has 0 aliphatic heterocycles. The van der Waals surface area contributed by atoms with E-state index in [9.17, 15) is 0 Å². The van der Waals surface area contributed by atoms with Gasteiger partial charge in [0.25, 0.3) is 0 Å². The lowest BCUT2D eigenvalue weighted by Crippen LogP contribution is -2.31. The number of anilines is 1. The van der Waals surface area contributed by atoms with Crippen LogP contribution < -0.4 is 4.90 Å². The smallest absolute Gasteiger partial charge is 0.134 e. The molecule has 17 heavy (non-hydrogen) atoms. The second-order valence-corrected chi connectivity index (χ2v) is 3.91. The van der Waals surface area contributed by atoms with E-state index in [0.717, 1.165) is 12.2 Å². The van der Waals surface area contributed by atoms with E-state index in [1.165, 1.54) is 0 Å². The summed E-state index contributed by atoms with van der Waals surface area (Å²) < 4.78 is 5.03. The maximum Gasteiger partial charge on any atom is 0.134 e. The Balaban J connectivity index is 2.87. The van der Waals surface area contributed by atoms with Crippen molar-refractivity contribution in [1.82, 2.24) is 9.97 Å². The van der Waals surface area contributed by atoms with Gasteiger partial charge in [0.15, 0.2) is 0 Å². The minimum Gasteiger partial charge on any atom is -0.395 e. The first-order valence-electron chi connectivity index (χ1n) is 5.59. The van der Waals surface area contributed by atoms with Crippen molar-refractivity contribution in [1.29, 1.82) is 0 Å². The van der Waals surface area contributed by atoms with Crippen molar-refractivity contribution in [3.63, 3.8) is 0 Å². The molecule has 0 bridgehead atoms. The van der Waals surface area contributed by atoms with Gasteiger partial charge in [0.2, 0.25) is 0 Å². The van der Waals surface area contributed by atoms with E-state index in [-0.39, 0.29) is 6.61 Å². The van der Waals surface area contributed by atoms with Gasteiger partial charge < -0.3 is 14.7 Å². The molecule has 1 N–H and O–H groups in total. The predicted molar refractivity (Wildman–Crippen MR) is 67.6 cm³/mol. The first kappa shape index (κ1) is 14.2. The minimum atomic E-state index is 0.0623. The zero-order valence-electron chi connectivity index (χ0n) is 10.2. The van der Waals surface area contributed by atoms with Gasteiger partial charge in [-0.15, -0.1) is 0 Å². The third-order valence-corrected chi connectivity index (χ3v) is 2.50. The van der Waals surface area contributed by atoms with Crippen molar-refractivity contribution in [2.45, 2.75) is 13.3 Å². The van der Waals surface area contributed by atoms with Gasteiger partial charge >= 0.3 is 0 Å². The molecule has 6 heteroatoms. The fourth-order valence-corrected chi connectivity index (χ4v) is 1.63. The number of aromatic nitrogens is 2. The van der Waals surface area contributed by atoms with E-state index in [4.69, 9.17) is 21.4 Å². The molecule has 1 aromatic heterocycles. The average molecular weight is 260 g/mol. The Labute approximate surface area is 106 Å². The fourth-order valence-electron chi connectivity index (χ4n) is 1.43. The Morgan fingerprint density at radius 3 is 2.76 bits per heavy atom. The van der Waals surface area contributed by atoms with Crippen molar-refractivity contribution in [2.24, 2.45) is 0 Å². The summed E-state index contributed by atoms with van der Waals surface area (Å²) in [7, 11) is 1.64. The number of methoxy groups -OCH3 is 1. The predicted octanol–water partition coefficient (Wildman–Crippen LogP) is 1.14. The van der Waals surface area contributed by atoms with Crippen LogP contribution in [0.15, 0.2) is 6.07 Å². The summed E-state index contributed by atoms with van der Waals surface area (Å²) in [5.74, 6) is 1.43. The fraction of sp³-hybridized carbons (Fsp3) is 0.636. The van der Waals surface area contributed by atoms with Crippen LogP contribution in [0.25, 0.3) is 0 Å². The molecule has 5 nitrogen and oxygen atoms in total. The molecule has 0 fully saturated rings. The van der Waals surface area contributed by atoms with E-state index in [2.05, 4.69) is 9.97 Å². The summed E-state index contributed by atoms with van der Waals surface area (Å²) in [6, 6.07) is 1.70. The van der Waals surface area contributed by atoms with Crippen LogP contribution in [0.3, 0.4) is 0 Å². The summed E-state index contributed by atoms with van der Waals surface area (Å²) in [5, 5.41) is 9.46. The topological polar surface area (TPSA) is 58.5 Å². The number of hydrogen-bond donors (Lipinski definition) is 1. The lowest BCUT2D eigenvalue weighted by Gasteiger charge is -2.22. The molecular formula is C11H18ClN3O2. The van der Waals surface area contributed by atoms with Crippen molar-refractivity contribution >= 4 is 17.4 Å². The van der Waals surface area contributed by atoms with Crippen LogP contribution in [0.4, 0.5) is 5.82 Å². The molecule has 0 aliphatic carbocycles. The van der Waals surface area contributed by atoms with Gasteiger partial charge in [-0.05, 0) is 0 Å². The standard InChI is InChI=1S/C11H18ClN3O2/c1-3-10-13-9(12)8-11(14-10)15(4-6-16)5-7-17-2/h8,16H,3-7H2,1-2H3. The molecule has 0 aliphatic rings. The Bertz CT molecular complexity index is 349. The van der Waals surface area contributed by atoms with Crippen molar-refractivity contribution in [3.8, 4) is 0 Å². The largest absolute Gasteiger partial charge is 0.395 e. The van der Waals surface area contributed by atoms with Gasteiger partial charge in [-0.25, -0.2) is 9.97 Å². The van der Waals surface area contributed by atoms with Gasteiger partial charge in [-0.2, -0.15) is 0 Å². The highest BCUT2D eigenvalue weighted by Gasteiger charge is 2.10. The molecule has 0 aromatic carbocycles. The Morgan fingerprint density at radius 1 is 1.41 bits per heavy atom. The molecule has 0 spiro atoms. The Hall–Kier alpha value is -0.910. The van der Waals surface area contributed by atoms with Gasteiger partial charge in [0, 0.05) is 32.7 Å². The summed E-state index contributed by atoms with van der Waals surface area (Å²) in [5.41, 5.74) is 0. The number of ether oxygens (including phenoxy) is 1. The van der Waals surface area contributed by atoms with Crippen LogP contribution in [0.1, 0.15) is 12.7 Å². The highest BCUT2D eigenvalue weighted by Crippen LogP contribution is 2.16. The van der Waals surface area contributed by atoms with Gasteiger partial charge in [0.1, 0.15) is 16.8 Å². The van der Waals surface area contributed by atoms with Crippen molar-refractivity contribution in [3.05, 3.63) is 17.0 Å². The highest BCUT2D eigenvalue weighted by atomic mass is 35.5. The van der Waals surface area contributed by atoms with E-state index in [1.54, 1.807) is 13.2 Å². The van der Waals surface area contributed by atoms with Crippen molar-refractivity contribution < 1.29 is 9.84 Å². The summed E-state index contributed by atoms with van der Waals surface area (Å²) in [6.45, 7) is 3.77. The number of rotatable bonds is 7. The molecule has 1 aromatic rings. The van der Waals surface area contributed by atoms with E-state index in [0.29, 0.717) is 30.7 Å². The average Bonchev–Trinajstić information content (AvgIpc) is 2.33. The lowest BCUT2D eigenvalue weighted by atomic mass is 10.4. The molecule has 0 atom stereocenters. The maximum absolute atomic E-state index is 9.03. The molecule has 96 valence electrons. The van der Waals surface area contributed by atoms with E-state index in [1.807, 2.05) is 11.8 Å². The number of halogens is 1. The summed E-state index contributed by atoms with van der Waals surface area (Å²) >= 11 is 5.94. The second kappa shape index (κ2) is 7.42. The molecule has 0 unspecified atom stereocenters. The maximum atomic E-state index is 9.03. The van der Waals surface area contributed by atoms with Crippen molar-refractivity contribution in [2.75, 3.05) is 38.3 Å². The normalized spacial score (nSPS) is 10.6. The van der Waals surface area contributed by atoms with Gasteiger partial charge in [0.05, 0.1) is 13.2 Å². The van der Waals surface area contributed by atoms with Gasteiger partial charge in [-0.1, -0.05) is 18.5 Å². The minimum absolute atomic E-state index is 0.0623. The SMILES string of the molecule is CCc1nc(Cl)cc(N(CCO)CCOC)n1. The first-order chi connectivity index (χ1) is 8.21. The molecule has 1 heterocycles. The first-order valence-corrected chi connectivity index (χ1v) is 5.97. The molecule has 0 amide bonds. The van der Waals surface area contributed by atoms with Crippen LogP contribution in [0.5, 0.6) is 0 Å². The van der Waals surface area contributed by atoms with Crippen LogP contribution >= 0.6 is 11.6 Å². The Kier molecular flexibility index (Phi) is 6.18. The lowest BCUT2D eigenvalue weighted by molar-refractivity contribution is 0.202. The summed E-state index contributed by atoms with van der Waals surface area (Å²) in [4.78, 5) is 10.4. The number of nitrogens with zero attached hydrogens (tertiary/aromatic N) is 3. The molecule has 0 radical (unpaired) electrons. The zero-order valence-corrected chi connectivity index (χ0v) is 10.9. The zero-order chi connectivity index (χ0) is 12.7. The Morgan fingerprint density at radius 2 is 2.18 bits per heavy atom. The van der Waals surface area contributed by atoms with Crippen LogP contribution in [0.2, 0.25) is 5.15 Å². The van der Waals surface area contributed by atoms with Crippen LogP contribution in [0, 0.1) is 0 Å². The second-order valence-electron chi connectivity index (χ2n) is 3.52. The van der Waals surface area contributed by atoms with E-state index < -0.39 is 0 Å². The monoisotopic (exact) mass is 259 g/mol. The third-order valence-electron chi connectivity index (χ3n) is 2.30. The number of aliphatic hydroxyl groups excluding tert-OH is 1. The quantitative estimate of drug-likeness (QED) is 0.744. The highest BCUT2D eigenvalue weighted by molar-refractivity contribution is 6.29. The number of aryl methyl sites for hydroxylation is 1.